The Morgan fingerprint density at radius 2 is 0.333 bits per heavy atom. The summed E-state index contributed by atoms with van der Waals surface area (Å²) >= 11 is -21.0. The first-order valence-corrected chi connectivity index (χ1v) is 16.2. The Morgan fingerprint density at radius 1 is 0.333 bits per heavy atom. The molecule has 0 fully saturated rings. The van der Waals surface area contributed by atoms with E-state index < -0.39 is 93.9 Å². The maximum absolute atomic E-state index is 8.60. The third kappa shape index (κ3) is 1810. The molecule has 0 aliphatic carbocycles. The molecule has 0 radical (unpaired) electrons. The fourth-order valence-corrected chi connectivity index (χ4v) is 0. The molecule has 0 heterocycles. The molecule has 0 spiro atoms. The zero-order valence-electron chi connectivity index (χ0n) is 8.81. The smallest absolute Gasteiger partial charge is 5.00 e. The zero-order valence-corrected chi connectivity index (χ0v) is 23.0. The minimum absolute atomic E-state index is 0. The minimum Gasteiger partial charge on any atom is 5.00 e. The first-order chi connectivity index (χ1) is 8.66. The molecule has 15 nitrogen and oxygen atoms in total. The maximum Gasteiger partial charge on any atom is 5.00 e. The van der Waals surface area contributed by atoms with E-state index in [2.05, 4.69) is 0 Å². The largest absolute Gasteiger partial charge is 5.00 e. The molecule has 120 valence electrons. The summed E-state index contributed by atoms with van der Waals surface area (Å²) in [6.07, 6.45) is 0. The Hall–Kier alpha value is 2.24. The molecule has 0 amide bonds. The van der Waals surface area contributed by atoms with Crippen molar-refractivity contribution in [2.75, 3.05) is 0 Å². The van der Waals surface area contributed by atoms with Gasteiger partial charge in [-0.05, 0) is 0 Å². The summed E-state index contributed by atoms with van der Waals surface area (Å²) in [5, 5.41) is 0. The quantitative estimate of drug-likeness (QED) is 0.204. The molecule has 0 unspecified atom stereocenters. The number of hydrogen-bond acceptors (Lipinski definition) is 15. The van der Waals surface area contributed by atoms with Crippen LogP contribution in [0.1, 0.15) is 0 Å². The molecule has 0 saturated carbocycles. The normalized spacial score (nSPS) is 5.95. The van der Waals surface area contributed by atoms with Gasteiger partial charge in [-0.15, -0.1) is 0 Å². The van der Waals surface area contributed by atoms with E-state index in [0.717, 1.165) is 0 Å². The van der Waals surface area contributed by atoms with Crippen molar-refractivity contribution in [2.45, 2.75) is 0 Å². The van der Waals surface area contributed by atoms with Crippen LogP contribution in [0.25, 0.3) is 0 Å². The van der Waals surface area contributed by atoms with Gasteiger partial charge in [-0.2, -0.15) is 0 Å². The maximum atomic E-state index is 8.60. The van der Waals surface area contributed by atoms with Crippen LogP contribution in [-0.2, 0) is 149 Å². The van der Waals surface area contributed by atoms with Crippen LogP contribution < -0.4 is 18.1 Å². The van der Waals surface area contributed by atoms with Crippen LogP contribution in [-0.4, -0.2) is 0 Å². The Balaban J connectivity index is -0.0000000331. The van der Waals surface area contributed by atoms with Gasteiger partial charge in [0.15, 0.2) is 0 Å². The molecule has 0 aromatic carbocycles. The second-order valence-electron chi connectivity index (χ2n) is 1.12. The van der Waals surface area contributed by atoms with Crippen LogP contribution in [0.2, 0.25) is 0 Å². The van der Waals surface area contributed by atoms with Crippen molar-refractivity contribution in [2.24, 2.45) is 0 Å². The summed E-state index contributed by atoms with van der Waals surface area (Å²) in [7, 11) is 0. The van der Waals surface area contributed by atoms with Gasteiger partial charge in [0.05, 0.1) is 0 Å². The van der Waals surface area contributed by atoms with Gasteiger partial charge in [-0.1, -0.05) is 0 Å². The van der Waals surface area contributed by atoms with Crippen LogP contribution >= 0.6 is 0 Å². The van der Waals surface area contributed by atoms with E-state index in [1.807, 2.05) is 0 Å². The molecule has 21 heavy (non-hydrogen) atoms. The van der Waals surface area contributed by atoms with Crippen LogP contribution in [0.3, 0.4) is 0 Å². The molecule has 0 N–H and O–H groups in total. The van der Waals surface area contributed by atoms with Gasteiger partial charge >= 0.3 is 167 Å². The summed E-state index contributed by atoms with van der Waals surface area (Å²) in [6.45, 7) is 0. The molecule has 0 saturated heterocycles. The Labute approximate surface area is 164 Å². The Morgan fingerprint density at radius 3 is 0.333 bits per heavy atom. The molecular weight excluding hydrogens is 885 g/mol. The van der Waals surface area contributed by atoms with Crippen LogP contribution in [0.4, 0.5) is 0 Å². The van der Waals surface area contributed by atoms with Crippen LogP contribution in [0.15, 0.2) is 0 Å². The van der Waals surface area contributed by atoms with Crippen molar-refractivity contribution in [3.8, 4) is 0 Å². The molecule has 0 aromatic heterocycles. The SMILES string of the molecule is [O]=[Nb](=[O])[O-].[O]=[Nb](=[O])[O-].[O]=[Nb](=[O])[O-].[O]=[Nb](=[O])[O-].[O]=[Nb](=[O])[O-].[Ta+5]. The minimum atomic E-state index is -4.20. The topological polar surface area (TPSA) is 286 Å². The Kier molecular flexibility index (Phi) is 62.2. The van der Waals surface area contributed by atoms with Gasteiger partial charge in [0.2, 0.25) is 0 Å². The summed E-state index contributed by atoms with van der Waals surface area (Å²) < 4.78 is 129. The first-order valence-electron chi connectivity index (χ1n) is 2.74. The van der Waals surface area contributed by atoms with Gasteiger partial charge in [0, 0.05) is 0 Å². The van der Waals surface area contributed by atoms with E-state index in [1.165, 1.54) is 0 Å². The van der Waals surface area contributed by atoms with E-state index in [4.69, 9.17) is 50.6 Å². The van der Waals surface area contributed by atoms with Gasteiger partial charge in [0.25, 0.3) is 0 Å². The van der Waals surface area contributed by atoms with Crippen LogP contribution in [0.5, 0.6) is 0 Å². The first kappa shape index (κ1) is 38.7. The molecule has 0 rings (SSSR count). The molecule has 0 aromatic rings. The predicted molar refractivity (Wildman–Crippen MR) is 6.86 cm³/mol. The average molecular weight is 885 g/mol. The van der Waals surface area contributed by atoms with Gasteiger partial charge in [0.1, 0.15) is 0 Å². The fourth-order valence-electron chi connectivity index (χ4n) is 0. The summed E-state index contributed by atoms with van der Waals surface area (Å²) in [4.78, 5) is 0. The second-order valence-corrected chi connectivity index (χ2v) is 6.61. The standard InChI is InChI=1S/5Nb.15O.Ta/q;;;;;;;;;;;;;;;5*-1;+5. The molecule has 0 bridgehead atoms. The summed E-state index contributed by atoms with van der Waals surface area (Å²) in [6, 6.07) is 0. The number of rotatable bonds is 0. The summed E-state index contributed by atoms with van der Waals surface area (Å²) in [5.74, 6) is 0. The number of hydrogen-bond donors (Lipinski definition) is 0. The average Bonchev–Trinajstić information content (AvgIpc) is 1.94. The van der Waals surface area contributed by atoms with E-state index in [0.29, 0.717) is 0 Å². The van der Waals surface area contributed by atoms with Crippen molar-refractivity contribution in [3.63, 3.8) is 0 Å². The van der Waals surface area contributed by atoms with Gasteiger partial charge in [-0.25, -0.2) is 0 Å². The predicted octanol–water partition coefficient (Wildman–Crippen LogP) is -7.15. The third-order valence-electron chi connectivity index (χ3n) is 0. The second kappa shape index (κ2) is 33.8. The van der Waals surface area contributed by atoms with Crippen LogP contribution in [0, 0.1) is 0 Å². The fraction of sp³-hybridized carbons (Fsp3) is 0. The van der Waals surface area contributed by atoms with Crippen molar-refractivity contribution >= 4 is 0 Å². The summed E-state index contributed by atoms with van der Waals surface area (Å²) in [5.41, 5.74) is 0. The van der Waals surface area contributed by atoms with Gasteiger partial charge in [-0.3, -0.25) is 0 Å². The van der Waals surface area contributed by atoms with Crippen molar-refractivity contribution in [3.05, 3.63) is 0 Å². The van der Waals surface area contributed by atoms with Crippen molar-refractivity contribution in [1.82, 2.24) is 0 Å². The third-order valence-corrected chi connectivity index (χ3v) is 0. The van der Waals surface area contributed by atoms with Crippen molar-refractivity contribution < 1.29 is 167 Å². The molecule has 21 heteroatoms. The Bertz CT molecular complexity index is 380. The monoisotopic (exact) mass is 885 g/mol. The molecule has 0 aliphatic heterocycles. The van der Waals surface area contributed by atoms with Gasteiger partial charge < -0.3 is 0 Å². The van der Waals surface area contributed by atoms with E-state index in [-0.39, 0.29) is 22.4 Å². The molecule has 0 atom stereocenters. The van der Waals surface area contributed by atoms with E-state index in [1.54, 1.807) is 0 Å². The zero-order chi connectivity index (χ0) is 17.9. The van der Waals surface area contributed by atoms with E-state index in [9.17, 15) is 0 Å². The molecule has 0 aliphatic rings. The molecular formula is Nb5O15Ta. The van der Waals surface area contributed by atoms with E-state index >= 15 is 0 Å². The van der Waals surface area contributed by atoms with Crippen molar-refractivity contribution in [1.29, 1.82) is 0 Å².